The molecule has 0 aromatic rings. The molecule has 0 spiro atoms. The smallest absolute Gasteiger partial charge is 0.340 e. The van der Waals surface area contributed by atoms with E-state index in [1.54, 1.807) is 0 Å². The summed E-state index contributed by atoms with van der Waals surface area (Å²) >= 11 is 10.6. The first-order chi connectivity index (χ1) is 9.18. The maximum Gasteiger partial charge on any atom is 0.340 e. The Morgan fingerprint density at radius 3 is 2.16 bits per heavy atom. The van der Waals surface area contributed by atoms with Crippen LogP contribution in [0, 0.1) is 11.8 Å². The number of halogens is 2. The average molecular weight is 307 g/mol. The minimum absolute atomic E-state index is 0.0752. The molecule has 0 N–H and O–H groups in total. The molecular weight excluding hydrogens is 283 g/mol. The van der Waals surface area contributed by atoms with Crippen molar-refractivity contribution in [2.75, 3.05) is 6.61 Å². The number of alkyl halides is 2. The molecule has 4 heteroatoms. The molecule has 0 fully saturated rings. The molecule has 2 nitrogen and oxygen atoms in total. The molecule has 110 valence electrons. The Hall–Kier alpha value is -0.390. The zero-order valence-electron chi connectivity index (χ0n) is 11.7. The van der Waals surface area contributed by atoms with Crippen molar-refractivity contribution in [2.24, 2.45) is 0 Å². The molecule has 0 amide bonds. The minimum Gasteiger partial charge on any atom is -0.450 e. The summed E-state index contributed by atoms with van der Waals surface area (Å²) in [5, 5.41) is 0. The molecule has 0 bridgehead atoms. The van der Waals surface area contributed by atoms with Crippen molar-refractivity contribution in [1.82, 2.24) is 0 Å². The van der Waals surface area contributed by atoms with E-state index in [-0.39, 0.29) is 6.61 Å². The van der Waals surface area contributed by atoms with Gasteiger partial charge in [0.05, 0.1) is 0 Å². The Morgan fingerprint density at radius 2 is 1.58 bits per heavy atom. The number of carbonyl (C=O) groups is 1. The monoisotopic (exact) mass is 306 g/mol. The number of hydrogen-bond donors (Lipinski definition) is 0. The molecule has 0 aliphatic carbocycles. The van der Waals surface area contributed by atoms with Crippen molar-refractivity contribution in [2.45, 2.75) is 69.5 Å². The molecule has 0 aliphatic rings. The first-order valence-electron chi connectivity index (χ1n) is 7.09. The van der Waals surface area contributed by atoms with Crippen molar-refractivity contribution in [3.8, 4) is 11.8 Å². The van der Waals surface area contributed by atoms with E-state index in [1.165, 1.54) is 44.9 Å². The van der Waals surface area contributed by atoms with Crippen LogP contribution in [0.15, 0.2) is 0 Å². The second-order valence-corrected chi connectivity index (χ2v) is 5.58. The van der Waals surface area contributed by atoms with E-state index in [0.29, 0.717) is 0 Å². The predicted octanol–water partition coefficient (Wildman–Crippen LogP) is 4.87. The quantitative estimate of drug-likeness (QED) is 0.249. The number of esters is 1. The summed E-state index contributed by atoms with van der Waals surface area (Å²) in [6.07, 6.45) is 11.2. The number of unbranched alkanes of at least 4 members (excludes halogenated alkanes) is 8. The van der Waals surface area contributed by atoms with Crippen molar-refractivity contribution in [3.05, 3.63) is 0 Å². The maximum atomic E-state index is 10.9. The van der Waals surface area contributed by atoms with Gasteiger partial charge in [-0.05, 0) is 6.42 Å². The molecule has 0 aromatic carbocycles. The van der Waals surface area contributed by atoms with Crippen LogP contribution in [0.3, 0.4) is 0 Å². The van der Waals surface area contributed by atoms with Gasteiger partial charge in [-0.1, -0.05) is 86.9 Å². The van der Waals surface area contributed by atoms with Crippen LogP contribution < -0.4 is 0 Å². The van der Waals surface area contributed by atoms with Gasteiger partial charge in [0.2, 0.25) is 4.84 Å². The van der Waals surface area contributed by atoms with Crippen molar-refractivity contribution in [1.29, 1.82) is 0 Å². The normalized spacial score (nSPS) is 10.1. The fourth-order valence-corrected chi connectivity index (χ4v) is 1.78. The van der Waals surface area contributed by atoms with E-state index in [9.17, 15) is 4.79 Å². The van der Waals surface area contributed by atoms with Gasteiger partial charge in [-0.2, -0.15) is 0 Å². The van der Waals surface area contributed by atoms with E-state index in [4.69, 9.17) is 27.9 Å². The Labute approximate surface area is 127 Å². The molecule has 19 heavy (non-hydrogen) atoms. The lowest BCUT2D eigenvalue weighted by molar-refractivity contribution is -0.140. The van der Waals surface area contributed by atoms with E-state index >= 15 is 0 Å². The lowest BCUT2D eigenvalue weighted by atomic mass is 10.1. The predicted molar refractivity (Wildman–Crippen MR) is 81.5 cm³/mol. The molecule has 0 saturated heterocycles. The molecule has 0 rings (SSSR count). The molecular formula is C15H24Cl2O2. The lowest BCUT2D eigenvalue weighted by Gasteiger charge is -1.99. The molecule has 0 atom stereocenters. The SMILES string of the molecule is CCCCCCCCCCC#CCOC(=O)C(Cl)Cl. The third-order valence-electron chi connectivity index (χ3n) is 2.75. The largest absolute Gasteiger partial charge is 0.450 e. The first kappa shape index (κ1) is 18.6. The fourth-order valence-electron chi connectivity index (χ4n) is 1.66. The van der Waals surface area contributed by atoms with Crippen LogP contribution in [-0.2, 0) is 9.53 Å². The highest BCUT2D eigenvalue weighted by molar-refractivity contribution is 6.52. The number of carbonyl (C=O) groups excluding carboxylic acids is 1. The molecule has 0 aromatic heterocycles. The summed E-state index contributed by atoms with van der Waals surface area (Å²) in [5.41, 5.74) is 0. The van der Waals surface area contributed by atoms with Gasteiger partial charge < -0.3 is 4.74 Å². The van der Waals surface area contributed by atoms with Gasteiger partial charge in [0, 0.05) is 6.42 Å². The van der Waals surface area contributed by atoms with Crippen molar-refractivity contribution >= 4 is 29.2 Å². The van der Waals surface area contributed by atoms with E-state index < -0.39 is 10.8 Å². The molecule has 0 radical (unpaired) electrons. The summed E-state index contributed by atoms with van der Waals surface area (Å²) in [4.78, 5) is 9.75. The van der Waals surface area contributed by atoms with Gasteiger partial charge in [0.25, 0.3) is 0 Å². The van der Waals surface area contributed by atoms with Crippen LogP contribution in [0.25, 0.3) is 0 Å². The highest BCUT2D eigenvalue weighted by Gasteiger charge is 2.11. The van der Waals surface area contributed by atoms with Gasteiger partial charge in [0.1, 0.15) is 0 Å². The van der Waals surface area contributed by atoms with Crippen LogP contribution in [0.5, 0.6) is 0 Å². The summed E-state index contributed by atoms with van der Waals surface area (Å²) in [6, 6.07) is 0. The van der Waals surface area contributed by atoms with Gasteiger partial charge >= 0.3 is 5.97 Å². The van der Waals surface area contributed by atoms with Gasteiger partial charge in [-0.15, -0.1) is 0 Å². The number of hydrogen-bond acceptors (Lipinski definition) is 2. The number of rotatable bonds is 10. The standard InChI is InChI=1S/C15H24Cl2O2/c1-2-3-4-5-6-7-8-9-10-11-12-13-19-15(18)14(16)17/h14H,2-10,13H2,1H3. The summed E-state index contributed by atoms with van der Waals surface area (Å²) < 4.78 is 4.71. The Kier molecular flexibility index (Phi) is 13.7. The Bertz CT molecular complexity index is 280. The van der Waals surface area contributed by atoms with Gasteiger partial charge in [0.15, 0.2) is 6.61 Å². The molecule has 0 heterocycles. The van der Waals surface area contributed by atoms with E-state index in [2.05, 4.69) is 18.8 Å². The van der Waals surface area contributed by atoms with Crippen molar-refractivity contribution in [3.63, 3.8) is 0 Å². The van der Waals surface area contributed by atoms with Crippen LogP contribution in [-0.4, -0.2) is 17.4 Å². The fraction of sp³-hybridized carbons (Fsp3) is 0.800. The average Bonchev–Trinajstić information content (AvgIpc) is 2.39. The third-order valence-corrected chi connectivity index (χ3v) is 3.10. The van der Waals surface area contributed by atoms with E-state index in [1.807, 2.05) is 0 Å². The third kappa shape index (κ3) is 13.8. The maximum absolute atomic E-state index is 10.9. The number of ether oxygens (including phenoxy) is 1. The zero-order valence-corrected chi connectivity index (χ0v) is 13.2. The van der Waals surface area contributed by atoms with Gasteiger partial charge in [-0.25, -0.2) is 4.79 Å². The van der Waals surface area contributed by atoms with Gasteiger partial charge in [-0.3, -0.25) is 0 Å². The molecule has 0 saturated carbocycles. The van der Waals surface area contributed by atoms with Crippen LogP contribution in [0.2, 0.25) is 0 Å². The van der Waals surface area contributed by atoms with Crippen LogP contribution in [0.1, 0.15) is 64.7 Å². The second-order valence-electron chi connectivity index (χ2n) is 4.49. The topological polar surface area (TPSA) is 26.3 Å². The Morgan fingerprint density at radius 1 is 1.00 bits per heavy atom. The first-order valence-corrected chi connectivity index (χ1v) is 7.96. The van der Waals surface area contributed by atoms with Crippen LogP contribution in [0.4, 0.5) is 0 Å². The lowest BCUT2D eigenvalue weighted by Crippen LogP contribution is -2.12. The zero-order chi connectivity index (χ0) is 14.3. The van der Waals surface area contributed by atoms with Crippen molar-refractivity contribution < 1.29 is 9.53 Å². The summed E-state index contributed by atoms with van der Waals surface area (Å²) in [5.74, 6) is 5.12. The highest BCUT2D eigenvalue weighted by atomic mass is 35.5. The summed E-state index contributed by atoms with van der Waals surface area (Å²) in [7, 11) is 0. The Balaban J connectivity index is 3.24. The van der Waals surface area contributed by atoms with Crippen LogP contribution >= 0.6 is 23.2 Å². The molecule has 0 unspecified atom stereocenters. The minimum atomic E-state index is -1.12. The highest BCUT2D eigenvalue weighted by Crippen LogP contribution is 2.09. The van der Waals surface area contributed by atoms with E-state index in [0.717, 1.165) is 12.8 Å². The molecule has 0 aliphatic heterocycles. The second kappa shape index (κ2) is 14.0. The summed E-state index contributed by atoms with van der Waals surface area (Å²) in [6.45, 7) is 2.31.